The van der Waals surface area contributed by atoms with Gasteiger partial charge in [-0.2, -0.15) is 13.2 Å². The Morgan fingerprint density at radius 3 is 2.00 bits per heavy atom. The molecule has 0 bridgehead atoms. The van der Waals surface area contributed by atoms with Gasteiger partial charge in [-0.3, -0.25) is 24.0 Å². The zero-order valence-corrected chi connectivity index (χ0v) is 35.5. The van der Waals surface area contributed by atoms with E-state index in [0.29, 0.717) is 31.6 Å². The lowest BCUT2D eigenvalue weighted by Crippen LogP contribution is -2.48. The molecule has 4 fully saturated rings. The van der Waals surface area contributed by atoms with Gasteiger partial charge in [-0.05, 0) is 71.3 Å². The molecular weight excluding hydrogens is 762 g/mol. The molecule has 2 spiro atoms. The molecule has 15 heteroatoms. The quantitative estimate of drug-likeness (QED) is 0.174. The number of sulfonamides is 1. The number of nitrogens with two attached hydrogens (primary N) is 1. The number of Topliss-reactive ketones (excluding diaryl/α,β-unsaturated/α-hetero) is 3. The van der Waals surface area contributed by atoms with Gasteiger partial charge in [-0.15, -0.1) is 0 Å². The van der Waals surface area contributed by atoms with Gasteiger partial charge < -0.3 is 10.6 Å². The monoisotopic (exact) mass is 822 g/mol. The van der Waals surface area contributed by atoms with E-state index in [1.165, 1.54) is 0 Å². The molecule has 2 amide bonds. The molecule has 5 atom stereocenters. The number of primary amides is 1. The highest BCUT2D eigenvalue weighted by Crippen LogP contribution is 2.88. The molecule has 318 valence electrons. The number of nitrogens with one attached hydrogen (secondary N) is 1. The predicted octanol–water partition coefficient (Wildman–Crippen LogP) is 6.67. The average molecular weight is 823 g/mol. The van der Waals surface area contributed by atoms with E-state index in [2.05, 4.69) is 23.6 Å². The number of ketones is 3. The minimum Gasteiger partial charge on any atom is -0.363 e. The molecule has 1 unspecified atom stereocenters. The summed E-state index contributed by atoms with van der Waals surface area (Å²) < 4.78 is 67.7. The van der Waals surface area contributed by atoms with Crippen LogP contribution < -0.4 is 10.5 Å². The lowest BCUT2D eigenvalue weighted by Gasteiger charge is -2.36. The first-order chi connectivity index (χ1) is 26.1. The van der Waals surface area contributed by atoms with Crippen molar-refractivity contribution in [3.63, 3.8) is 0 Å². The summed E-state index contributed by atoms with van der Waals surface area (Å²) in [6, 6.07) is 0.597. The molecule has 3 N–H and O–H groups in total. The van der Waals surface area contributed by atoms with Crippen LogP contribution in [0.5, 0.6) is 0 Å². The van der Waals surface area contributed by atoms with Crippen molar-refractivity contribution in [3.05, 3.63) is 23.9 Å². The normalized spacial score (nSPS) is 24.7. The van der Waals surface area contributed by atoms with Crippen molar-refractivity contribution in [3.8, 4) is 0 Å². The number of amides is 2. The maximum absolute atomic E-state index is 14.9. The Balaban J connectivity index is 1.35. The first-order valence-corrected chi connectivity index (χ1v) is 21.8. The van der Waals surface area contributed by atoms with Crippen molar-refractivity contribution >= 4 is 39.2 Å². The predicted molar refractivity (Wildman–Crippen MR) is 206 cm³/mol. The van der Waals surface area contributed by atoms with Crippen LogP contribution in [0.15, 0.2) is 23.4 Å². The molecule has 2 heterocycles. The highest BCUT2D eigenvalue weighted by molar-refractivity contribution is 7.89. The number of hydrogen-bond donors (Lipinski definition) is 2. The number of fused-ring (bicyclic) bond motifs is 1. The average Bonchev–Trinajstić information content (AvgIpc) is 3.26. The van der Waals surface area contributed by atoms with Crippen LogP contribution in [0.25, 0.3) is 0 Å². The molecule has 0 radical (unpaired) electrons. The van der Waals surface area contributed by atoms with Crippen molar-refractivity contribution in [2.45, 2.75) is 143 Å². The van der Waals surface area contributed by atoms with Crippen molar-refractivity contribution < 1.29 is 45.6 Å². The molecule has 1 aromatic heterocycles. The first-order valence-electron chi connectivity index (χ1n) is 20.3. The minimum atomic E-state index is -4.68. The summed E-state index contributed by atoms with van der Waals surface area (Å²) in [7, 11) is -4.32. The van der Waals surface area contributed by atoms with Crippen LogP contribution in [0.1, 0.15) is 132 Å². The third-order valence-corrected chi connectivity index (χ3v) is 16.0. The molecule has 1 aromatic rings. The van der Waals surface area contributed by atoms with Gasteiger partial charge in [0.2, 0.25) is 11.7 Å². The largest absolute Gasteiger partial charge is 0.417 e. The van der Waals surface area contributed by atoms with E-state index in [0.717, 1.165) is 44.6 Å². The Hall–Kier alpha value is -3.20. The molecule has 0 aromatic carbocycles. The van der Waals surface area contributed by atoms with Crippen molar-refractivity contribution in [1.29, 1.82) is 0 Å². The van der Waals surface area contributed by atoms with Gasteiger partial charge in [-0.25, -0.2) is 18.1 Å². The maximum Gasteiger partial charge on any atom is 0.417 e. The fraction of sp³-hybridized carbons (Fsp3) is 0.762. The number of pyridine rings is 1. The zero-order valence-electron chi connectivity index (χ0n) is 34.7. The number of hydrogen-bond acceptors (Lipinski definition) is 8. The number of nitrogens with zero attached hydrogens (tertiary/aromatic N) is 2. The number of carbonyl (C=O) groups is 5. The second-order valence-electron chi connectivity index (χ2n) is 20.1. The van der Waals surface area contributed by atoms with Gasteiger partial charge >= 0.3 is 6.18 Å². The highest BCUT2D eigenvalue weighted by Gasteiger charge is 2.85. The van der Waals surface area contributed by atoms with E-state index >= 15 is 0 Å². The van der Waals surface area contributed by atoms with E-state index in [1.54, 1.807) is 4.90 Å². The topological polar surface area (TPSA) is 174 Å². The zero-order chi connectivity index (χ0) is 42.7. The Morgan fingerprint density at radius 2 is 1.56 bits per heavy atom. The maximum atomic E-state index is 14.9. The van der Waals surface area contributed by atoms with Crippen LogP contribution in [-0.2, 0) is 40.2 Å². The molecule has 3 saturated carbocycles. The second kappa shape index (κ2) is 15.4. The van der Waals surface area contributed by atoms with E-state index in [9.17, 15) is 45.6 Å². The van der Waals surface area contributed by atoms with Crippen molar-refractivity contribution in [1.82, 2.24) is 14.6 Å². The summed E-state index contributed by atoms with van der Waals surface area (Å²) in [4.78, 5) is 73.6. The van der Waals surface area contributed by atoms with Gasteiger partial charge in [0.1, 0.15) is 5.78 Å². The third-order valence-electron chi connectivity index (χ3n) is 14.7. The summed E-state index contributed by atoms with van der Waals surface area (Å²) in [6.07, 6.45) is 2.14. The van der Waals surface area contributed by atoms with E-state index < -0.39 is 73.1 Å². The molecule has 1 aliphatic heterocycles. The van der Waals surface area contributed by atoms with Crippen LogP contribution in [0, 0.1) is 50.7 Å². The lowest BCUT2D eigenvalue weighted by molar-refractivity contribution is -0.147. The van der Waals surface area contributed by atoms with Crippen LogP contribution in [0.3, 0.4) is 0 Å². The Bertz CT molecular complexity index is 1860. The van der Waals surface area contributed by atoms with E-state index in [-0.39, 0.29) is 65.4 Å². The molecule has 4 aliphatic rings. The van der Waals surface area contributed by atoms with Crippen LogP contribution in [0.4, 0.5) is 13.2 Å². The first kappa shape index (κ1) is 44.9. The van der Waals surface area contributed by atoms with Gasteiger partial charge in [0.05, 0.1) is 11.6 Å². The summed E-state index contributed by atoms with van der Waals surface area (Å²) in [5.41, 5.74) is 2.61. The SMILES string of the molecule is CC(C)(C)[C@@H](CNS(=O)(=O)c1ccc(C(F)(F)F)cn1)CC(=O)C[C@H](C(=O)N1C[C@]2(C[C@H]1C(=O)CC(CC1CCC1)C(=O)C(N)=O)C(C)(C)C21CCC1)C(C)(C)C. The molecule has 3 aliphatic carbocycles. The van der Waals surface area contributed by atoms with Gasteiger partial charge in [0.25, 0.3) is 15.9 Å². The number of likely N-dealkylation sites (tertiary alicyclic amines) is 1. The fourth-order valence-corrected chi connectivity index (χ4v) is 11.3. The lowest BCUT2D eigenvalue weighted by atomic mass is 9.73. The number of alkyl halides is 3. The van der Waals surface area contributed by atoms with Gasteiger partial charge in [0.15, 0.2) is 10.8 Å². The molecular formula is C42H61F3N4O7S. The number of halogens is 3. The second-order valence-corrected chi connectivity index (χ2v) is 21.8. The molecule has 5 rings (SSSR count). The minimum absolute atomic E-state index is 0.00185. The van der Waals surface area contributed by atoms with Crippen molar-refractivity contribution in [2.24, 2.45) is 56.5 Å². The van der Waals surface area contributed by atoms with Crippen molar-refractivity contribution in [2.75, 3.05) is 13.1 Å². The highest BCUT2D eigenvalue weighted by atomic mass is 32.2. The summed E-state index contributed by atoms with van der Waals surface area (Å²) in [5.74, 6) is -4.68. The van der Waals surface area contributed by atoms with E-state index in [1.807, 2.05) is 41.5 Å². The standard InChI is InChI=1S/C42H61F3N4O7S/c1-37(2,3)28(23-48-57(55,56)33-14-13-27(22-47-33)42(43,44)45)19-29(50)20-30(38(4,5)6)36(54)49-24-41(39(7,8)40(41)15-10-16-40)21-31(49)32(51)18-26(34(52)35(46)53)17-25-11-9-12-25/h13-14,22,25-26,28,30-31,48H,9-12,15-21,23-24H2,1-8H3,(H2,46,53)/t26?,28-,30-,31+,41-/m1/s1. The molecule has 57 heavy (non-hydrogen) atoms. The molecule has 1 saturated heterocycles. The Kier molecular flexibility index (Phi) is 12.2. The van der Waals surface area contributed by atoms with Crippen LogP contribution in [0.2, 0.25) is 0 Å². The smallest absolute Gasteiger partial charge is 0.363 e. The summed E-state index contributed by atoms with van der Waals surface area (Å²) in [5, 5.41) is -0.587. The van der Waals surface area contributed by atoms with Crippen LogP contribution in [-0.4, -0.2) is 66.6 Å². The van der Waals surface area contributed by atoms with Crippen LogP contribution >= 0.6 is 0 Å². The Morgan fingerprint density at radius 1 is 0.930 bits per heavy atom. The summed E-state index contributed by atoms with van der Waals surface area (Å²) >= 11 is 0. The number of aromatic nitrogens is 1. The third kappa shape index (κ3) is 8.61. The number of carbonyl (C=O) groups excluding carboxylic acids is 5. The fourth-order valence-electron chi connectivity index (χ4n) is 10.3. The van der Waals surface area contributed by atoms with Gasteiger partial charge in [0, 0.05) is 55.8 Å². The summed E-state index contributed by atoms with van der Waals surface area (Å²) in [6.45, 7) is 15.7. The van der Waals surface area contributed by atoms with E-state index in [4.69, 9.17) is 5.73 Å². The number of rotatable bonds is 16. The molecule has 11 nitrogen and oxygen atoms in total. The van der Waals surface area contributed by atoms with Gasteiger partial charge in [-0.1, -0.05) is 81.1 Å². The Labute approximate surface area is 335 Å².